The average molecular weight is 244 g/mol. The summed E-state index contributed by atoms with van der Waals surface area (Å²) < 4.78 is 7.07. The van der Waals surface area contributed by atoms with Crippen LogP contribution in [-0.2, 0) is 13.5 Å². The van der Waals surface area contributed by atoms with Crippen LogP contribution in [0.2, 0.25) is 0 Å². The summed E-state index contributed by atoms with van der Waals surface area (Å²) in [5, 5.41) is 4.20. The molecule has 4 heteroatoms. The molecule has 18 heavy (non-hydrogen) atoms. The highest BCUT2D eigenvalue weighted by molar-refractivity contribution is 5.97. The molecule has 0 amide bonds. The molecule has 2 rings (SSSR count). The molecule has 0 bridgehead atoms. The number of ether oxygens (including phenoxy) is 1. The summed E-state index contributed by atoms with van der Waals surface area (Å²) in [6.07, 6.45) is 2.15. The van der Waals surface area contributed by atoms with Gasteiger partial charge in [0.05, 0.1) is 18.7 Å². The lowest BCUT2D eigenvalue weighted by atomic mass is 10.1. The molecule has 0 N–H and O–H groups in total. The van der Waals surface area contributed by atoms with Gasteiger partial charge in [0.25, 0.3) is 0 Å². The second-order valence-corrected chi connectivity index (χ2v) is 4.04. The first-order valence-electron chi connectivity index (χ1n) is 5.93. The van der Waals surface area contributed by atoms with Crippen molar-refractivity contribution in [2.24, 2.45) is 7.05 Å². The highest BCUT2D eigenvalue weighted by Crippen LogP contribution is 2.15. The minimum Gasteiger partial charge on any atom is -0.494 e. The van der Waals surface area contributed by atoms with Crippen LogP contribution < -0.4 is 4.74 Å². The zero-order valence-corrected chi connectivity index (χ0v) is 10.6. The van der Waals surface area contributed by atoms with Crippen molar-refractivity contribution in [3.8, 4) is 5.75 Å². The minimum atomic E-state index is 0.0512. The van der Waals surface area contributed by atoms with Crippen LogP contribution in [0.5, 0.6) is 5.75 Å². The van der Waals surface area contributed by atoms with Crippen molar-refractivity contribution in [2.75, 3.05) is 6.61 Å². The number of hydrogen-bond acceptors (Lipinski definition) is 3. The average Bonchev–Trinajstić information content (AvgIpc) is 2.75. The van der Waals surface area contributed by atoms with Gasteiger partial charge in [-0.15, -0.1) is 0 Å². The lowest BCUT2D eigenvalue weighted by Gasteiger charge is -2.04. The quantitative estimate of drug-likeness (QED) is 0.758. The van der Waals surface area contributed by atoms with Crippen molar-refractivity contribution in [2.45, 2.75) is 13.3 Å². The zero-order chi connectivity index (χ0) is 13.0. The van der Waals surface area contributed by atoms with Crippen molar-refractivity contribution in [1.82, 2.24) is 9.78 Å². The van der Waals surface area contributed by atoms with E-state index < -0.39 is 0 Å². The van der Waals surface area contributed by atoms with E-state index in [0.717, 1.165) is 11.4 Å². The smallest absolute Gasteiger partial charge is 0.169 e. The molecular weight excluding hydrogens is 228 g/mol. The standard InChI is InChI=1S/C14H16N2O2/c1-3-18-13-6-4-5-11(9-13)14(17)10-12-7-8-16(2)15-12/h4-9H,3,10H2,1-2H3. The molecular formula is C14H16N2O2. The predicted octanol–water partition coefficient (Wildman–Crippen LogP) is 2.24. The Morgan fingerprint density at radius 2 is 2.22 bits per heavy atom. The van der Waals surface area contributed by atoms with Crippen LogP contribution >= 0.6 is 0 Å². The maximum Gasteiger partial charge on any atom is 0.169 e. The number of aryl methyl sites for hydroxylation is 1. The van der Waals surface area contributed by atoms with Crippen LogP contribution in [0.25, 0.3) is 0 Å². The van der Waals surface area contributed by atoms with Gasteiger partial charge in [-0.25, -0.2) is 0 Å². The molecule has 0 radical (unpaired) electrons. The molecule has 1 heterocycles. The Kier molecular flexibility index (Phi) is 3.77. The number of carbonyl (C=O) groups is 1. The maximum absolute atomic E-state index is 12.1. The van der Waals surface area contributed by atoms with Crippen LogP contribution in [0.4, 0.5) is 0 Å². The second kappa shape index (κ2) is 5.49. The van der Waals surface area contributed by atoms with E-state index in [9.17, 15) is 4.79 Å². The Labute approximate surface area is 106 Å². The molecule has 0 saturated carbocycles. The SMILES string of the molecule is CCOc1cccc(C(=O)Cc2ccn(C)n2)c1. The first-order chi connectivity index (χ1) is 8.69. The minimum absolute atomic E-state index is 0.0512. The van der Waals surface area contributed by atoms with Gasteiger partial charge < -0.3 is 4.74 Å². The van der Waals surface area contributed by atoms with E-state index in [1.165, 1.54) is 0 Å². The number of ketones is 1. The fraction of sp³-hybridized carbons (Fsp3) is 0.286. The number of Topliss-reactive ketones (excluding diaryl/α,β-unsaturated/α-hetero) is 1. The number of rotatable bonds is 5. The summed E-state index contributed by atoms with van der Waals surface area (Å²) in [6.45, 7) is 2.51. The van der Waals surface area contributed by atoms with Gasteiger partial charge in [-0.2, -0.15) is 5.10 Å². The molecule has 0 aliphatic heterocycles. The monoisotopic (exact) mass is 244 g/mol. The van der Waals surface area contributed by atoms with Crippen molar-refractivity contribution < 1.29 is 9.53 Å². The molecule has 2 aromatic rings. The van der Waals surface area contributed by atoms with Gasteiger partial charge in [0.15, 0.2) is 5.78 Å². The maximum atomic E-state index is 12.1. The molecule has 0 spiro atoms. The first kappa shape index (κ1) is 12.4. The van der Waals surface area contributed by atoms with Crippen molar-refractivity contribution in [3.63, 3.8) is 0 Å². The van der Waals surface area contributed by atoms with Crippen molar-refractivity contribution in [1.29, 1.82) is 0 Å². The Bertz CT molecular complexity index is 546. The molecule has 1 aromatic heterocycles. The van der Waals surface area contributed by atoms with Gasteiger partial charge in [0.1, 0.15) is 5.75 Å². The largest absolute Gasteiger partial charge is 0.494 e. The van der Waals surface area contributed by atoms with Gasteiger partial charge in [-0.3, -0.25) is 9.48 Å². The first-order valence-corrected chi connectivity index (χ1v) is 5.93. The van der Waals surface area contributed by atoms with E-state index in [4.69, 9.17) is 4.74 Å². The highest BCUT2D eigenvalue weighted by atomic mass is 16.5. The Hall–Kier alpha value is -2.10. The van der Waals surface area contributed by atoms with Crippen LogP contribution in [0.15, 0.2) is 36.5 Å². The number of aromatic nitrogens is 2. The summed E-state index contributed by atoms with van der Waals surface area (Å²) in [5.41, 5.74) is 1.44. The molecule has 0 unspecified atom stereocenters. The fourth-order valence-corrected chi connectivity index (χ4v) is 1.75. The molecule has 94 valence electrons. The van der Waals surface area contributed by atoms with Gasteiger partial charge in [0.2, 0.25) is 0 Å². The van der Waals surface area contributed by atoms with E-state index >= 15 is 0 Å². The van der Waals surface area contributed by atoms with Crippen LogP contribution in [0.3, 0.4) is 0 Å². The second-order valence-electron chi connectivity index (χ2n) is 4.04. The number of nitrogens with zero attached hydrogens (tertiary/aromatic N) is 2. The van der Waals surface area contributed by atoms with Gasteiger partial charge in [-0.05, 0) is 25.1 Å². The van der Waals surface area contributed by atoms with Crippen molar-refractivity contribution >= 4 is 5.78 Å². The van der Waals surface area contributed by atoms with Crippen LogP contribution in [0.1, 0.15) is 23.0 Å². The van der Waals surface area contributed by atoms with Gasteiger partial charge >= 0.3 is 0 Å². The lowest BCUT2D eigenvalue weighted by molar-refractivity contribution is 0.0991. The molecule has 4 nitrogen and oxygen atoms in total. The third-order valence-corrected chi connectivity index (χ3v) is 2.58. The fourth-order valence-electron chi connectivity index (χ4n) is 1.75. The lowest BCUT2D eigenvalue weighted by Crippen LogP contribution is -2.05. The van der Waals surface area contributed by atoms with E-state index in [-0.39, 0.29) is 5.78 Å². The summed E-state index contributed by atoms with van der Waals surface area (Å²) in [5.74, 6) is 0.777. The molecule has 0 saturated heterocycles. The third-order valence-electron chi connectivity index (χ3n) is 2.58. The summed E-state index contributed by atoms with van der Waals surface area (Å²) in [7, 11) is 1.84. The normalized spacial score (nSPS) is 10.3. The van der Waals surface area contributed by atoms with E-state index in [1.807, 2.05) is 38.4 Å². The summed E-state index contributed by atoms with van der Waals surface area (Å²) in [6, 6.07) is 9.10. The molecule has 0 aliphatic rings. The molecule has 1 aromatic carbocycles. The van der Waals surface area contributed by atoms with E-state index in [0.29, 0.717) is 18.6 Å². The van der Waals surface area contributed by atoms with Crippen LogP contribution in [-0.4, -0.2) is 22.2 Å². The van der Waals surface area contributed by atoms with Crippen LogP contribution in [0, 0.1) is 0 Å². The topological polar surface area (TPSA) is 44.1 Å². The summed E-state index contributed by atoms with van der Waals surface area (Å²) >= 11 is 0. The third kappa shape index (κ3) is 2.97. The highest BCUT2D eigenvalue weighted by Gasteiger charge is 2.09. The van der Waals surface area contributed by atoms with Gasteiger partial charge in [0, 0.05) is 18.8 Å². The Balaban J connectivity index is 2.11. The predicted molar refractivity (Wildman–Crippen MR) is 68.9 cm³/mol. The Morgan fingerprint density at radius 1 is 1.39 bits per heavy atom. The molecule has 0 atom stereocenters. The van der Waals surface area contributed by atoms with E-state index in [1.54, 1.807) is 16.8 Å². The zero-order valence-electron chi connectivity index (χ0n) is 10.6. The number of hydrogen-bond donors (Lipinski definition) is 0. The van der Waals surface area contributed by atoms with Crippen molar-refractivity contribution in [3.05, 3.63) is 47.8 Å². The van der Waals surface area contributed by atoms with Gasteiger partial charge in [-0.1, -0.05) is 12.1 Å². The molecule has 0 aliphatic carbocycles. The summed E-state index contributed by atoms with van der Waals surface area (Å²) in [4.78, 5) is 12.1. The Morgan fingerprint density at radius 3 is 2.89 bits per heavy atom. The number of benzene rings is 1. The number of carbonyl (C=O) groups excluding carboxylic acids is 1. The molecule has 0 fully saturated rings. The van der Waals surface area contributed by atoms with E-state index in [2.05, 4.69) is 5.10 Å².